The number of aryl methyl sites for hydroxylation is 2. The van der Waals surface area contributed by atoms with Gasteiger partial charge in [-0.3, -0.25) is 14.9 Å². The van der Waals surface area contributed by atoms with Crippen LogP contribution in [0, 0.1) is 6.92 Å². The Balaban J connectivity index is 1.65. The lowest BCUT2D eigenvalue weighted by Crippen LogP contribution is -2.12. The highest BCUT2D eigenvalue weighted by atomic mass is 79.9. The van der Waals surface area contributed by atoms with Gasteiger partial charge in [-0.2, -0.15) is 0 Å². The zero-order chi connectivity index (χ0) is 16.8. The number of hydrogen-bond acceptors (Lipinski definition) is 5. The first-order valence-corrected chi connectivity index (χ1v) is 9.17. The Hall–Kier alpha value is -1.99. The van der Waals surface area contributed by atoms with Gasteiger partial charge in [0.15, 0.2) is 16.7 Å². The molecule has 3 aromatic rings. The van der Waals surface area contributed by atoms with E-state index >= 15 is 0 Å². The summed E-state index contributed by atoms with van der Waals surface area (Å²) in [6, 6.07) is 5.61. The summed E-state index contributed by atoms with van der Waals surface area (Å²) in [5.41, 5.74) is 2.23. The number of halogens is 1. The third-order valence-corrected chi connectivity index (χ3v) is 5.64. The molecule has 4 rings (SSSR count). The van der Waals surface area contributed by atoms with E-state index in [0.717, 1.165) is 34.0 Å². The predicted octanol–water partition coefficient (Wildman–Crippen LogP) is 4.73. The van der Waals surface area contributed by atoms with Crippen LogP contribution in [0.25, 0.3) is 11.0 Å². The molecule has 2 heterocycles. The molecule has 0 bridgehead atoms. The smallest absolute Gasteiger partial charge is 0.293 e. The summed E-state index contributed by atoms with van der Waals surface area (Å²) in [4.78, 5) is 29.5. The Morgan fingerprint density at radius 2 is 2.21 bits per heavy atom. The molecule has 1 aromatic carbocycles. The second-order valence-corrected chi connectivity index (χ2v) is 7.64. The number of nitrogens with zero attached hydrogens (tertiary/aromatic N) is 1. The Bertz CT molecular complexity index is 989. The molecule has 0 radical (unpaired) electrons. The van der Waals surface area contributed by atoms with Crippen LogP contribution < -0.4 is 5.32 Å². The first kappa shape index (κ1) is 15.5. The second-order valence-electron chi connectivity index (χ2n) is 5.72. The van der Waals surface area contributed by atoms with Gasteiger partial charge < -0.3 is 4.42 Å². The number of carbonyl (C=O) groups is 2. The SMILES string of the molecule is Cc1c(C(=O)Nc2nc3c(s2)C(=O)CCC3)oc2ccc(Br)cc12. The first-order chi connectivity index (χ1) is 11.5. The molecule has 1 aliphatic carbocycles. The highest BCUT2D eigenvalue weighted by Crippen LogP contribution is 2.31. The minimum Gasteiger partial charge on any atom is -0.451 e. The van der Waals surface area contributed by atoms with E-state index in [-0.39, 0.29) is 17.5 Å². The number of fused-ring (bicyclic) bond motifs is 2. The number of aromatic nitrogens is 1. The molecular formula is C17H13BrN2O3S. The molecule has 2 aromatic heterocycles. The molecule has 1 amide bonds. The van der Waals surface area contributed by atoms with E-state index in [1.807, 2.05) is 25.1 Å². The summed E-state index contributed by atoms with van der Waals surface area (Å²) in [6.07, 6.45) is 2.16. The van der Waals surface area contributed by atoms with Crippen LogP contribution in [0.5, 0.6) is 0 Å². The molecule has 1 aliphatic rings. The average Bonchev–Trinajstić information content (AvgIpc) is 3.10. The molecule has 5 nitrogen and oxygen atoms in total. The van der Waals surface area contributed by atoms with Gasteiger partial charge in [0.05, 0.1) is 10.6 Å². The minimum absolute atomic E-state index is 0.110. The topological polar surface area (TPSA) is 72.2 Å². The lowest BCUT2D eigenvalue weighted by molar-refractivity contribution is 0.0974. The van der Waals surface area contributed by atoms with E-state index in [2.05, 4.69) is 26.2 Å². The maximum absolute atomic E-state index is 12.5. The molecule has 1 N–H and O–H groups in total. The molecule has 7 heteroatoms. The molecule has 122 valence electrons. The quantitative estimate of drug-likeness (QED) is 0.669. The van der Waals surface area contributed by atoms with Crippen molar-refractivity contribution in [2.75, 3.05) is 5.32 Å². The fourth-order valence-corrected chi connectivity index (χ4v) is 4.22. The number of carbonyl (C=O) groups excluding carboxylic acids is 2. The van der Waals surface area contributed by atoms with Gasteiger partial charge in [-0.25, -0.2) is 4.98 Å². The van der Waals surface area contributed by atoms with Crippen LogP contribution in [0.15, 0.2) is 27.1 Å². The number of furan rings is 1. The highest BCUT2D eigenvalue weighted by molar-refractivity contribution is 9.10. The Labute approximate surface area is 150 Å². The molecule has 0 aliphatic heterocycles. The van der Waals surface area contributed by atoms with Crippen molar-refractivity contribution in [2.24, 2.45) is 0 Å². The van der Waals surface area contributed by atoms with Crippen LogP contribution in [0.1, 0.15) is 44.3 Å². The number of hydrogen-bond donors (Lipinski definition) is 1. The number of amides is 1. The molecule has 0 spiro atoms. The van der Waals surface area contributed by atoms with Gasteiger partial charge in [-0.1, -0.05) is 27.3 Å². The van der Waals surface area contributed by atoms with Gasteiger partial charge in [0.2, 0.25) is 0 Å². The van der Waals surface area contributed by atoms with E-state index in [1.165, 1.54) is 11.3 Å². The van der Waals surface area contributed by atoms with Crippen molar-refractivity contribution in [2.45, 2.75) is 26.2 Å². The third-order valence-electron chi connectivity index (χ3n) is 4.09. The zero-order valence-corrected chi connectivity index (χ0v) is 15.2. The lowest BCUT2D eigenvalue weighted by atomic mass is 10.0. The number of anilines is 1. The molecule has 0 atom stereocenters. The van der Waals surface area contributed by atoms with E-state index in [9.17, 15) is 9.59 Å². The van der Waals surface area contributed by atoms with Crippen LogP contribution in [-0.4, -0.2) is 16.7 Å². The van der Waals surface area contributed by atoms with Crippen molar-refractivity contribution >= 4 is 55.1 Å². The maximum atomic E-state index is 12.5. The largest absolute Gasteiger partial charge is 0.451 e. The molecular weight excluding hydrogens is 392 g/mol. The van der Waals surface area contributed by atoms with Gasteiger partial charge >= 0.3 is 0 Å². The molecule has 0 unspecified atom stereocenters. The van der Waals surface area contributed by atoms with Crippen molar-refractivity contribution < 1.29 is 14.0 Å². The van der Waals surface area contributed by atoms with Crippen molar-refractivity contribution in [3.05, 3.63) is 44.6 Å². The fourth-order valence-electron chi connectivity index (χ4n) is 2.89. The number of thiazole rings is 1. The first-order valence-electron chi connectivity index (χ1n) is 7.56. The molecule has 24 heavy (non-hydrogen) atoms. The van der Waals surface area contributed by atoms with Crippen molar-refractivity contribution in [3.8, 4) is 0 Å². The highest BCUT2D eigenvalue weighted by Gasteiger charge is 2.24. The summed E-state index contributed by atoms with van der Waals surface area (Å²) in [6.45, 7) is 1.85. The van der Waals surface area contributed by atoms with Crippen LogP contribution in [0.3, 0.4) is 0 Å². The van der Waals surface area contributed by atoms with E-state index < -0.39 is 0 Å². The minimum atomic E-state index is -0.349. The van der Waals surface area contributed by atoms with Gasteiger partial charge in [0.25, 0.3) is 5.91 Å². The summed E-state index contributed by atoms with van der Waals surface area (Å²) < 4.78 is 6.62. The predicted molar refractivity (Wildman–Crippen MR) is 96.0 cm³/mol. The summed E-state index contributed by atoms with van der Waals surface area (Å²) in [7, 11) is 0. The van der Waals surface area contributed by atoms with E-state index in [1.54, 1.807) is 0 Å². The molecule has 0 saturated heterocycles. The zero-order valence-electron chi connectivity index (χ0n) is 12.8. The van der Waals surface area contributed by atoms with Crippen LogP contribution in [0.4, 0.5) is 5.13 Å². The third kappa shape index (κ3) is 2.57. The molecule has 0 fully saturated rings. The second kappa shape index (κ2) is 5.82. The van der Waals surface area contributed by atoms with Crippen LogP contribution in [0.2, 0.25) is 0 Å². The van der Waals surface area contributed by atoms with Crippen molar-refractivity contribution in [3.63, 3.8) is 0 Å². The van der Waals surface area contributed by atoms with Gasteiger partial charge in [0, 0.05) is 21.8 Å². The fraction of sp³-hybridized carbons (Fsp3) is 0.235. The van der Waals surface area contributed by atoms with Crippen LogP contribution in [-0.2, 0) is 6.42 Å². The summed E-state index contributed by atoms with van der Waals surface area (Å²) in [5, 5.41) is 4.10. The number of benzene rings is 1. The van der Waals surface area contributed by atoms with Gasteiger partial charge in [-0.15, -0.1) is 0 Å². The van der Waals surface area contributed by atoms with Crippen molar-refractivity contribution in [1.82, 2.24) is 4.98 Å². The Kier molecular flexibility index (Phi) is 3.77. The van der Waals surface area contributed by atoms with Gasteiger partial charge in [0.1, 0.15) is 5.58 Å². The molecule has 0 saturated carbocycles. The van der Waals surface area contributed by atoms with E-state index in [0.29, 0.717) is 22.0 Å². The summed E-state index contributed by atoms with van der Waals surface area (Å²) in [5.74, 6) is 0.0278. The van der Waals surface area contributed by atoms with Gasteiger partial charge in [-0.05, 0) is 38.0 Å². The Morgan fingerprint density at radius 1 is 1.38 bits per heavy atom. The number of Topliss-reactive ketones (excluding diaryl/α,β-unsaturated/α-hetero) is 1. The summed E-state index contributed by atoms with van der Waals surface area (Å²) >= 11 is 4.66. The average molecular weight is 405 g/mol. The van der Waals surface area contributed by atoms with E-state index in [4.69, 9.17) is 4.42 Å². The standard InChI is InChI=1S/C17H13BrN2O3S/c1-8-10-7-9(18)5-6-13(10)23-14(8)16(22)20-17-19-11-3-2-4-12(21)15(11)24-17/h5-7H,2-4H2,1H3,(H,19,20,22). The Morgan fingerprint density at radius 3 is 3.00 bits per heavy atom. The number of rotatable bonds is 2. The monoisotopic (exact) mass is 404 g/mol. The number of ketones is 1. The lowest BCUT2D eigenvalue weighted by Gasteiger charge is -2.05. The van der Waals surface area contributed by atoms with Crippen molar-refractivity contribution in [1.29, 1.82) is 0 Å². The number of nitrogens with one attached hydrogen (secondary N) is 1. The normalized spacial score (nSPS) is 14.0. The van der Waals surface area contributed by atoms with Crippen LogP contribution >= 0.6 is 27.3 Å². The maximum Gasteiger partial charge on any atom is 0.293 e.